The summed E-state index contributed by atoms with van der Waals surface area (Å²) in [5.74, 6) is 0.697. The molecule has 0 bridgehead atoms. The highest BCUT2D eigenvalue weighted by molar-refractivity contribution is 6.25. The van der Waals surface area contributed by atoms with Gasteiger partial charge in [-0.05, 0) is 38.5 Å². The maximum atomic E-state index is 9.16. The smallest absolute Gasteiger partial charge is 0.0693 e. The van der Waals surface area contributed by atoms with E-state index in [9.17, 15) is 0 Å². The van der Waals surface area contributed by atoms with Crippen LogP contribution in [-0.2, 0) is 0 Å². The second-order valence-corrected chi connectivity index (χ2v) is 4.59. The third kappa shape index (κ3) is 2.48. The van der Waals surface area contributed by atoms with Crippen LogP contribution in [0, 0.1) is 22.7 Å². The van der Waals surface area contributed by atoms with Crippen molar-refractivity contribution >= 4 is 11.6 Å². The fourth-order valence-electron chi connectivity index (χ4n) is 2.27. The van der Waals surface area contributed by atoms with E-state index in [4.69, 9.17) is 16.9 Å². The summed E-state index contributed by atoms with van der Waals surface area (Å²) in [4.78, 5) is 0. The molecule has 13 heavy (non-hydrogen) atoms. The summed E-state index contributed by atoms with van der Waals surface area (Å²) in [6.45, 7) is 4.22. The molecular formula is C11H16ClN. The van der Waals surface area contributed by atoms with Crippen molar-refractivity contribution in [2.75, 3.05) is 0 Å². The van der Waals surface area contributed by atoms with E-state index in [0.717, 1.165) is 24.8 Å². The van der Waals surface area contributed by atoms with Gasteiger partial charge in [-0.2, -0.15) is 5.26 Å². The minimum absolute atomic E-state index is 0.116. The Morgan fingerprint density at radius 3 is 2.85 bits per heavy atom. The average Bonchev–Trinajstić information content (AvgIpc) is 2.48. The Bertz CT molecular complexity index is 251. The molecular weight excluding hydrogens is 182 g/mol. The predicted molar refractivity (Wildman–Crippen MR) is 55.3 cm³/mol. The molecule has 0 heterocycles. The maximum Gasteiger partial charge on any atom is 0.0693 e. The van der Waals surface area contributed by atoms with Crippen molar-refractivity contribution in [3.8, 4) is 6.07 Å². The highest BCUT2D eigenvalue weighted by Crippen LogP contribution is 2.45. The Hall–Kier alpha value is -0.480. The number of halogens is 1. The zero-order valence-electron chi connectivity index (χ0n) is 8.31. The van der Waals surface area contributed by atoms with E-state index in [2.05, 4.69) is 13.0 Å². The van der Waals surface area contributed by atoms with Gasteiger partial charge in [-0.15, -0.1) is 0 Å². The molecule has 0 spiro atoms. The number of hydrogen-bond donors (Lipinski definition) is 0. The average molecular weight is 198 g/mol. The van der Waals surface area contributed by atoms with Crippen molar-refractivity contribution in [2.45, 2.75) is 39.5 Å². The van der Waals surface area contributed by atoms with Gasteiger partial charge in [0.05, 0.1) is 11.5 Å². The molecule has 1 aliphatic rings. The van der Waals surface area contributed by atoms with Crippen molar-refractivity contribution in [2.24, 2.45) is 11.3 Å². The molecule has 0 aromatic rings. The van der Waals surface area contributed by atoms with E-state index in [0.29, 0.717) is 5.92 Å². The summed E-state index contributed by atoms with van der Waals surface area (Å²) in [6, 6.07) is 2.47. The number of allylic oxidation sites excluding steroid dienone is 1. The Kier molecular flexibility index (Phi) is 3.39. The second kappa shape index (κ2) is 4.15. The fraction of sp³-hybridized carbons (Fsp3) is 0.727. The van der Waals surface area contributed by atoms with Gasteiger partial charge in [0, 0.05) is 5.54 Å². The van der Waals surface area contributed by atoms with Gasteiger partial charge in [0.25, 0.3) is 0 Å². The minimum atomic E-state index is -0.116. The van der Waals surface area contributed by atoms with Crippen LogP contribution in [0.4, 0.5) is 0 Å². The molecule has 1 saturated carbocycles. The van der Waals surface area contributed by atoms with Crippen LogP contribution in [0.3, 0.4) is 0 Å². The molecule has 0 aromatic carbocycles. The van der Waals surface area contributed by atoms with Gasteiger partial charge in [0.1, 0.15) is 0 Å². The predicted octanol–water partition coefficient (Wildman–Crippen LogP) is 3.85. The quantitative estimate of drug-likeness (QED) is 0.660. The number of rotatable bonds is 2. The van der Waals surface area contributed by atoms with Crippen molar-refractivity contribution in [3.05, 3.63) is 11.1 Å². The minimum Gasteiger partial charge on any atom is -0.198 e. The monoisotopic (exact) mass is 197 g/mol. The first-order chi connectivity index (χ1) is 6.12. The van der Waals surface area contributed by atoms with Crippen molar-refractivity contribution in [1.29, 1.82) is 5.26 Å². The third-order valence-electron chi connectivity index (χ3n) is 2.90. The lowest BCUT2D eigenvalue weighted by Gasteiger charge is -2.20. The van der Waals surface area contributed by atoms with Crippen LogP contribution >= 0.6 is 11.6 Å². The molecule has 1 aliphatic carbocycles. The summed E-state index contributed by atoms with van der Waals surface area (Å²) in [5, 5.41) is 9.16. The number of hydrogen-bond acceptors (Lipinski definition) is 1. The van der Waals surface area contributed by atoms with E-state index in [-0.39, 0.29) is 5.41 Å². The lowest BCUT2D eigenvalue weighted by Crippen LogP contribution is -2.14. The summed E-state index contributed by atoms with van der Waals surface area (Å²) in [5.41, 5.74) is 2.61. The molecule has 1 fully saturated rings. The van der Waals surface area contributed by atoms with Gasteiger partial charge in [-0.1, -0.05) is 24.1 Å². The van der Waals surface area contributed by atoms with Crippen molar-refractivity contribution in [1.82, 2.24) is 0 Å². The van der Waals surface area contributed by atoms with Gasteiger partial charge < -0.3 is 0 Å². The molecule has 2 heteroatoms. The van der Waals surface area contributed by atoms with Gasteiger partial charge in [0.15, 0.2) is 0 Å². The highest BCUT2D eigenvalue weighted by atomic mass is 35.5. The van der Waals surface area contributed by atoms with Gasteiger partial charge in [-0.25, -0.2) is 0 Å². The normalized spacial score (nSPS) is 34.6. The molecule has 0 amide bonds. The zero-order valence-corrected chi connectivity index (χ0v) is 9.06. The lowest BCUT2D eigenvalue weighted by atomic mass is 9.81. The summed E-state index contributed by atoms with van der Waals surface area (Å²) < 4.78 is 0. The number of nitriles is 1. The van der Waals surface area contributed by atoms with Crippen LogP contribution in [0.15, 0.2) is 11.1 Å². The molecule has 0 N–H and O–H groups in total. The summed E-state index contributed by atoms with van der Waals surface area (Å²) >= 11 is 5.61. The lowest BCUT2D eigenvalue weighted by molar-refractivity contribution is 0.390. The molecule has 2 atom stereocenters. The first-order valence-corrected chi connectivity index (χ1v) is 5.22. The molecule has 0 radical (unpaired) electrons. The van der Waals surface area contributed by atoms with E-state index in [1.807, 2.05) is 6.92 Å². The molecule has 1 nitrogen and oxygen atoms in total. The Morgan fingerprint density at radius 2 is 2.46 bits per heavy atom. The fourth-order valence-corrected chi connectivity index (χ4v) is 2.34. The van der Waals surface area contributed by atoms with E-state index in [1.165, 1.54) is 6.42 Å². The molecule has 0 saturated heterocycles. The molecule has 0 aromatic heterocycles. The van der Waals surface area contributed by atoms with Crippen LogP contribution in [-0.4, -0.2) is 0 Å². The summed E-state index contributed by atoms with van der Waals surface area (Å²) in [7, 11) is 0. The summed E-state index contributed by atoms with van der Waals surface area (Å²) in [6.07, 6.45) is 4.10. The standard InChI is InChI=1S/C11H16ClN/c1-9-3-4-11(5-9,8-13)6-10(2)7-12/h7,9H,3-6H2,1-2H3/b10-7+. The van der Waals surface area contributed by atoms with E-state index in [1.54, 1.807) is 5.54 Å². The van der Waals surface area contributed by atoms with Crippen LogP contribution < -0.4 is 0 Å². The van der Waals surface area contributed by atoms with Crippen molar-refractivity contribution < 1.29 is 0 Å². The molecule has 0 aliphatic heterocycles. The van der Waals surface area contributed by atoms with Gasteiger partial charge >= 0.3 is 0 Å². The largest absolute Gasteiger partial charge is 0.198 e. The van der Waals surface area contributed by atoms with E-state index < -0.39 is 0 Å². The highest BCUT2D eigenvalue weighted by Gasteiger charge is 2.37. The van der Waals surface area contributed by atoms with Crippen LogP contribution in [0.1, 0.15) is 39.5 Å². The third-order valence-corrected chi connectivity index (χ3v) is 3.27. The first kappa shape index (κ1) is 10.6. The first-order valence-electron chi connectivity index (χ1n) is 4.79. The topological polar surface area (TPSA) is 23.8 Å². The zero-order chi connectivity index (χ0) is 9.90. The van der Waals surface area contributed by atoms with Crippen LogP contribution in [0.2, 0.25) is 0 Å². The molecule has 72 valence electrons. The van der Waals surface area contributed by atoms with Gasteiger partial charge in [0.2, 0.25) is 0 Å². The second-order valence-electron chi connectivity index (χ2n) is 4.37. The Balaban J connectivity index is 2.68. The van der Waals surface area contributed by atoms with E-state index >= 15 is 0 Å². The number of nitrogens with zero attached hydrogens (tertiary/aromatic N) is 1. The SMILES string of the molecule is C/C(=C\Cl)CC1(C#N)CCC(C)C1. The molecule has 2 unspecified atom stereocenters. The van der Waals surface area contributed by atoms with Crippen molar-refractivity contribution in [3.63, 3.8) is 0 Å². The van der Waals surface area contributed by atoms with Gasteiger partial charge in [-0.3, -0.25) is 0 Å². The Labute approximate surface area is 85.4 Å². The molecule has 1 rings (SSSR count). The van der Waals surface area contributed by atoms with Crippen LogP contribution in [0.5, 0.6) is 0 Å². The van der Waals surface area contributed by atoms with Crippen LogP contribution in [0.25, 0.3) is 0 Å². The Morgan fingerprint density at radius 1 is 1.77 bits per heavy atom. The maximum absolute atomic E-state index is 9.16.